The molecule has 4 heteroatoms. The van der Waals surface area contributed by atoms with Gasteiger partial charge in [0.25, 0.3) is 0 Å². The van der Waals surface area contributed by atoms with Crippen LogP contribution in [0.15, 0.2) is 36.9 Å². The first-order valence-electron chi connectivity index (χ1n) is 4.25. The van der Waals surface area contributed by atoms with Gasteiger partial charge in [-0.3, -0.25) is 0 Å². The lowest BCUT2D eigenvalue weighted by Gasteiger charge is -2.07. The Morgan fingerprint density at radius 3 is 2.80 bits per heavy atom. The van der Waals surface area contributed by atoms with Crippen LogP contribution >= 0.6 is 12.4 Å². The predicted octanol–water partition coefficient (Wildman–Crippen LogP) is 2.08. The Morgan fingerprint density at radius 1 is 1.60 bits per heavy atom. The fourth-order valence-electron chi connectivity index (χ4n) is 1.13. The lowest BCUT2D eigenvalue weighted by Crippen LogP contribution is -2.08. The number of rotatable bonds is 3. The van der Waals surface area contributed by atoms with Gasteiger partial charge in [-0.2, -0.15) is 0 Å². The Kier molecular flexibility index (Phi) is 5.67. The monoisotopic (exact) mass is 227 g/mol. The highest BCUT2D eigenvalue weighted by atomic mass is 35.5. The molecule has 1 atom stereocenters. The number of ether oxygens (including phenoxy) is 1. The summed E-state index contributed by atoms with van der Waals surface area (Å²) < 4.78 is 4.60. The van der Waals surface area contributed by atoms with Crippen LogP contribution in [-0.4, -0.2) is 13.1 Å². The lowest BCUT2D eigenvalue weighted by atomic mass is 10.0. The zero-order valence-electron chi connectivity index (χ0n) is 8.47. The van der Waals surface area contributed by atoms with Crippen LogP contribution in [0.4, 0.5) is 0 Å². The van der Waals surface area contributed by atoms with Crippen LogP contribution in [0.1, 0.15) is 22.0 Å². The standard InChI is InChI=1S/C11H13NO2.ClH/c1-3-10(12)8-5-4-6-9(7-8)11(13)14-2;/h3-7,10H,1,12H2,2H3;1H/t10-;/m1./s1. The van der Waals surface area contributed by atoms with Gasteiger partial charge in [0, 0.05) is 6.04 Å². The number of halogens is 1. The Labute approximate surface area is 95.3 Å². The van der Waals surface area contributed by atoms with E-state index in [1.54, 1.807) is 24.3 Å². The van der Waals surface area contributed by atoms with Crippen LogP contribution < -0.4 is 5.73 Å². The molecule has 1 aromatic carbocycles. The van der Waals surface area contributed by atoms with Gasteiger partial charge in [-0.05, 0) is 17.7 Å². The fraction of sp³-hybridized carbons (Fsp3) is 0.182. The number of hydrogen-bond acceptors (Lipinski definition) is 3. The first-order valence-corrected chi connectivity index (χ1v) is 4.25. The van der Waals surface area contributed by atoms with Gasteiger partial charge in [-0.15, -0.1) is 19.0 Å². The summed E-state index contributed by atoms with van der Waals surface area (Å²) >= 11 is 0. The average molecular weight is 228 g/mol. The van der Waals surface area contributed by atoms with E-state index in [9.17, 15) is 4.79 Å². The van der Waals surface area contributed by atoms with Crippen molar-refractivity contribution in [3.63, 3.8) is 0 Å². The van der Waals surface area contributed by atoms with Gasteiger partial charge in [-0.1, -0.05) is 18.2 Å². The second-order valence-corrected chi connectivity index (χ2v) is 2.88. The molecule has 3 nitrogen and oxygen atoms in total. The highest BCUT2D eigenvalue weighted by Crippen LogP contribution is 2.13. The van der Waals surface area contributed by atoms with Crippen LogP contribution in [0.25, 0.3) is 0 Å². The summed E-state index contributed by atoms with van der Waals surface area (Å²) in [6.07, 6.45) is 1.62. The minimum Gasteiger partial charge on any atom is -0.465 e. The second kappa shape index (κ2) is 6.22. The largest absolute Gasteiger partial charge is 0.465 e. The van der Waals surface area contributed by atoms with Crippen molar-refractivity contribution in [3.8, 4) is 0 Å². The van der Waals surface area contributed by atoms with Crippen LogP contribution in [0, 0.1) is 0 Å². The van der Waals surface area contributed by atoms with E-state index < -0.39 is 0 Å². The molecule has 0 saturated heterocycles. The molecule has 0 amide bonds. The van der Waals surface area contributed by atoms with Gasteiger partial charge in [0.15, 0.2) is 0 Å². The van der Waals surface area contributed by atoms with Crippen LogP contribution in [0.2, 0.25) is 0 Å². The number of carbonyl (C=O) groups excluding carboxylic acids is 1. The maximum absolute atomic E-state index is 11.2. The number of benzene rings is 1. The highest BCUT2D eigenvalue weighted by molar-refractivity contribution is 5.89. The minimum absolute atomic E-state index is 0. The zero-order chi connectivity index (χ0) is 10.6. The molecule has 0 heterocycles. The topological polar surface area (TPSA) is 52.3 Å². The van der Waals surface area contributed by atoms with Crippen LogP contribution in [0.5, 0.6) is 0 Å². The van der Waals surface area contributed by atoms with Gasteiger partial charge in [0.05, 0.1) is 12.7 Å². The maximum Gasteiger partial charge on any atom is 0.337 e. The molecule has 0 aromatic heterocycles. The van der Waals surface area contributed by atoms with E-state index in [1.165, 1.54) is 7.11 Å². The second-order valence-electron chi connectivity index (χ2n) is 2.88. The summed E-state index contributed by atoms with van der Waals surface area (Å²) in [6.45, 7) is 3.59. The van der Waals surface area contributed by atoms with Crippen molar-refractivity contribution in [2.24, 2.45) is 5.73 Å². The van der Waals surface area contributed by atoms with Crippen molar-refractivity contribution in [3.05, 3.63) is 48.0 Å². The Morgan fingerprint density at radius 2 is 2.27 bits per heavy atom. The quantitative estimate of drug-likeness (QED) is 0.636. The van der Waals surface area contributed by atoms with E-state index in [-0.39, 0.29) is 24.4 Å². The average Bonchev–Trinajstić information content (AvgIpc) is 2.27. The molecule has 0 fully saturated rings. The number of carbonyl (C=O) groups is 1. The molecular formula is C11H14ClNO2. The van der Waals surface area contributed by atoms with Gasteiger partial charge in [0.1, 0.15) is 0 Å². The summed E-state index contributed by atoms with van der Waals surface area (Å²) in [7, 11) is 1.35. The van der Waals surface area contributed by atoms with Crippen molar-refractivity contribution in [1.82, 2.24) is 0 Å². The Balaban J connectivity index is 0.00000196. The molecule has 1 aromatic rings. The van der Waals surface area contributed by atoms with E-state index in [4.69, 9.17) is 5.73 Å². The van der Waals surface area contributed by atoms with Crippen molar-refractivity contribution in [1.29, 1.82) is 0 Å². The molecule has 1 rings (SSSR count). The zero-order valence-corrected chi connectivity index (χ0v) is 9.29. The molecule has 0 saturated carbocycles. The summed E-state index contributed by atoms with van der Waals surface area (Å²) in [5.41, 5.74) is 7.09. The SMILES string of the molecule is C=C[C@@H](N)c1cccc(C(=O)OC)c1.Cl. The number of methoxy groups -OCH3 is 1. The number of nitrogens with two attached hydrogens (primary N) is 1. The van der Waals surface area contributed by atoms with E-state index >= 15 is 0 Å². The Bertz CT molecular complexity index is 352. The number of hydrogen-bond donors (Lipinski definition) is 1. The van der Waals surface area contributed by atoms with Crippen molar-refractivity contribution in [2.75, 3.05) is 7.11 Å². The smallest absolute Gasteiger partial charge is 0.337 e. The van der Waals surface area contributed by atoms with Crippen LogP contribution in [0.3, 0.4) is 0 Å². The first kappa shape index (κ1) is 13.7. The maximum atomic E-state index is 11.2. The van der Waals surface area contributed by atoms with Gasteiger partial charge in [-0.25, -0.2) is 4.79 Å². The summed E-state index contributed by atoms with van der Waals surface area (Å²) in [6, 6.07) is 6.76. The third kappa shape index (κ3) is 3.38. The highest BCUT2D eigenvalue weighted by Gasteiger charge is 2.07. The normalized spacial score (nSPS) is 11.1. The van der Waals surface area contributed by atoms with E-state index in [0.29, 0.717) is 5.56 Å². The third-order valence-electron chi connectivity index (χ3n) is 1.95. The lowest BCUT2D eigenvalue weighted by molar-refractivity contribution is 0.0600. The predicted molar refractivity (Wildman–Crippen MR) is 62.2 cm³/mol. The molecule has 0 spiro atoms. The molecular weight excluding hydrogens is 214 g/mol. The van der Waals surface area contributed by atoms with Crippen molar-refractivity contribution >= 4 is 18.4 Å². The summed E-state index contributed by atoms with van der Waals surface area (Å²) in [5.74, 6) is -0.358. The molecule has 0 unspecified atom stereocenters. The summed E-state index contributed by atoms with van der Waals surface area (Å²) in [5, 5.41) is 0. The minimum atomic E-state index is -0.358. The van der Waals surface area contributed by atoms with Crippen molar-refractivity contribution in [2.45, 2.75) is 6.04 Å². The fourth-order valence-corrected chi connectivity index (χ4v) is 1.13. The van der Waals surface area contributed by atoms with E-state index in [0.717, 1.165) is 5.56 Å². The first-order chi connectivity index (χ1) is 6.69. The molecule has 15 heavy (non-hydrogen) atoms. The molecule has 0 radical (unpaired) electrons. The number of esters is 1. The van der Waals surface area contributed by atoms with Crippen molar-refractivity contribution < 1.29 is 9.53 Å². The molecule has 2 N–H and O–H groups in total. The van der Waals surface area contributed by atoms with Crippen LogP contribution in [-0.2, 0) is 4.74 Å². The van der Waals surface area contributed by atoms with E-state index in [1.807, 2.05) is 6.07 Å². The molecule has 0 aliphatic rings. The third-order valence-corrected chi connectivity index (χ3v) is 1.95. The molecule has 0 bridgehead atoms. The molecule has 82 valence electrons. The van der Waals surface area contributed by atoms with Gasteiger partial charge < -0.3 is 10.5 Å². The van der Waals surface area contributed by atoms with E-state index in [2.05, 4.69) is 11.3 Å². The Hall–Kier alpha value is -1.32. The van der Waals surface area contributed by atoms with Gasteiger partial charge >= 0.3 is 5.97 Å². The molecule has 0 aliphatic carbocycles. The van der Waals surface area contributed by atoms with Gasteiger partial charge in [0.2, 0.25) is 0 Å². The summed E-state index contributed by atoms with van der Waals surface area (Å²) in [4.78, 5) is 11.2. The molecule has 0 aliphatic heterocycles.